The van der Waals surface area contributed by atoms with Crippen molar-refractivity contribution in [2.45, 2.75) is 0 Å². The number of hydrogen-bond acceptors (Lipinski definition) is 5. The van der Waals surface area contributed by atoms with Crippen LogP contribution in [-0.2, 0) is 7.05 Å². The van der Waals surface area contributed by atoms with Crippen LogP contribution in [-0.4, -0.2) is 30.8 Å². The van der Waals surface area contributed by atoms with Gasteiger partial charge >= 0.3 is 12.0 Å². The molecule has 0 spiro atoms. The van der Waals surface area contributed by atoms with E-state index in [-0.39, 0.29) is 22.5 Å². The van der Waals surface area contributed by atoms with Crippen LogP contribution in [0.15, 0.2) is 18.6 Å². The number of nitrogens with zero attached hydrogens (tertiary/aromatic N) is 4. The fraction of sp³-hybridized carbons (Fsp3) is 0.111. The SMILES string of the molecule is Cn1cnc(Oc2ncc(C(=O)O)cc2Cl)n1. The van der Waals surface area contributed by atoms with Crippen LogP contribution in [0.3, 0.4) is 0 Å². The Morgan fingerprint density at radius 2 is 2.29 bits per heavy atom. The molecule has 17 heavy (non-hydrogen) atoms. The first-order valence-corrected chi connectivity index (χ1v) is 4.86. The summed E-state index contributed by atoms with van der Waals surface area (Å²) in [4.78, 5) is 18.3. The van der Waals surface area contributed by atoms with Crippen molar-refractivity contribution in [3.63, 3.8) is 0 Å². The molecular weight excluding hydrogens is 248 g/mol. The molecular formula is C9H7ClN4O3. The molecule has 2 aromatic heterocycles. The Bertz CT molecular complexity index is 569. The summed E-state index contributed by atoms with van der Waals surface area (Å²) in [5.74, 6) is -1.05. The number of aromatic nitrogens is 4. The van der Waals surface area contributed by atoms with Crippen molar-refractivity contribution >= 4 is 17.6 Å². The van der Waals surface area contributed by atoms with E-state index in [0.29, 0.717) is 0 Å². The van der Waals surface area contributed by atoms with Crippen LogP contribution in [0.4, 0.5) is 0 Å². The van der Waals surface area contributed by atoms with E-state index in [1.807, 2.05) is 0 Å². The zero-order chi connectivity index (χ0) is 12.4. The van der Waals surface area contributed by atoms with Crippen molar-refractivity contribution in [1.82, 2.24) is 19.7 Å². The maximum absolute atomic E-state index is 10.7. The number of ether oxygens (including phenoxy) is 1. The fourth-order valence-corrected chi connectivity index (χ4v) is 1.28. The highest BCUT2D eigenvalue weighted by Gasteiger charge is 2.11. The van der Waals surface area contributed by atoms with Gasteiger partial charge in [-0.2, -0.15) is 4.98 Å². The van der Waals surface area contributed by atoms with E-state index in [0.717, 1.165) is 6.20 Å². The van der Waals surface area contributed by atoms with Crippen molar-refractivity contribution < 1.29 is 14.6 Å². The van der Waals surface area contributed by atoms with Gasteiger partial charge in [0.1, 0.15) is 11.3 Å². The Kier molecular flexibility index (Phi) is 2.92. The average molecular weight is 255 g/mol. The summed E-state index contributed by atoms with van der Waals surface area (Å²) in [7, 11) is 1.68. The van der Waals surface area contributed by atoms with Crippen LogP contribution in [0.25, 0.3) is 0 Å². The molecule has 0 bridgehead atoms. The number of halogens is 1. The predicted molar refractivity (Wildman–Crippen MR) is 57.3 cm³/mol. The molecule has 0 fully saturated rings. The van der Waals surface area contributed by atoms with E-state index in [2.05, 4.69) is 15.1 Å². The smallest absolute Gasteiger partial charge is 0.342 e. The molecule has 0 amide bonds. The summed E-state index contributed by atoms with van der Waals surface area (Å²) in [5, 5.41) is 12.7. The van der Waals surface area contributed by atoms with Crippen molar-refractivity contribution in [2.75, 3.05) is 0 Å². The normalized spacial score (nSPS) is 10.2. The molecule has 2 rings (SSSR count). The van der Waals surface area contributed by atoms with Gasteiger partial charge in [-0.3, -0.25) is 4.68 Å². The Morgan fingerprint density at radius 1 is 1.53 bits per heavy atom. The van der Waals surface area contributed by atoms with Gasteiger partial charge in [0.2, 0.25) is 5.88 Å². The molecule has 2 aromatic rings. The van der Waals surface area contributed by atoms with Gasteiger partial charge in [0.25, 0.3) is 0 Å². The number of carboxylic acids is 1. The van der Waals surface area contributed by atoms with E-state index in [4.69, 9.17) is 21.4 Å². The number of aromatic carboxylic acids is 1. The first-order chi connectivity index (χ1) is 8.06. The van der Waals surface area contributed by atoms with Gasteiger partial charge in [-0.05, 0) is 6.07 Å². The van der Waals surface area contributed by atoms with Gasteiger partial charge in [0.15, 0.2) is 0 Å². The van der Waals surface area contributed by atoms with E-state index < -0.39 is 5.97 Å². The molecule has 0 atom stereocenters. The van der Waals surface area contributed by atoms with Crippen LogP contribution >= 0.6 is 11.6 Å². The molecule has 0 aliphatic carbocycles. The van der Waals surface area contributed by atoms with E-state index in [1.54, 1.807) is 7.05 Å². The zero-order valence-corrected chi connectivity index (χ0v) is 9.42. The second-order valence-corrected chi connectivity index (χ2v) is 3.53. The van der Waals surface area contributed by atoms with Crippen LogP contribution in [0.1, 0.15) is 10.4 Å². The van der Waals surface area contributed by atoms with Gasteiger partial charge in [0, 0.05) is 13.2 Å². The molecule has 1 N–H and O–H groups in total. The van der Waals surface area contributed by atoms with Crippen LogP contribution < -0.4 is 4.74 Å². The van der Waals surface area contributed by atoms with Gasteiger partial charge in [0.05, 0.1) is 5.56 Å². The Balaban J connectivity index is 2.25. The maximum atomic E-state index is 10.7. The second kappa shape index (κ2) is 4.38. The Morgan fingerprint density at radius 3 is 2.82 bits per heavy atom. The Hall–Kier alpha value is -2.15. The van der Waals surface area contributed by atoms with Crippen LogP contribution in [0.5, 0.6) is 11.9 Å². The molecule has 88 valence electrons. The minimum absolute atomic E-state index is 0.0173. The molecule has 0 aliphatic heterocycles. The molecule has 0 radical (unpaired) electrons. The molecule has 7 nitrogen and oxygen atoms in total. The zero-order valence-electron chi connectivity index (χ0n) is 8.66. The molecule has 2 heterocycles. The first kappa shape index (κ1) is 11.3. The lowest BCUT2D eigenvalue weighted by molar-refractivity contribution is 0.0696. The standard InChI is InChI=1S/C9H7ClN4O3/c1-14-4-12-9(13-14)17-7-6(10)2-5(3-11-7)8(15)16/h2-4H,1H3,(H,15,16). The number of hydrogen-bond donors (Lipinski definition) is 1. The highest BCUT2D eigenvalue weighted by Crippen LogP contribution is 2.25. The molecule has 0 aliphatic rings. The molecule has 0 saturated heterocycles. The van der Waals surface area contributed by atoms with Crippen molar-refractivity contribution in [3.05, 3.63) is 29.2 Å². The summed E-state index contributed by atoms with van der Waals surface area (Å²) in [5.41, 5.74) is -0.0173. The quantitative estimate of drug-likeness (QED) is 0.889. The molecule has 0 aromatic carbocycles. The lowest BCUT2D eigenvalue weighted by Crippen LogP contribution is -1.99. The summed E-state index contributed by atoms with van der Waals surface area (Å²) >= 11 is 5.82. The monoisotopic (exact) mass is 254 g/mol. The van der Waals surface area contributed by atoms with Crippen LogP contribution in [0.2, 0.25) is 5.02 Å². The minimum atomic E-state index is -1.11. The highest BCUT2D eigenvalue weighted by molar-refractivity contribution is 6.32. The molecule has 0 saturated carbocycles. The third-order valence-corrected chi connectivity index (χ3v) is 2.09. The van der Waals surface area contributed by atoms with Gasteiger partial charge in [-0.25, -0.2) is 9.78 Å². The number of carbonyl (C=O) groups is 1. The number of carboxylic acid groups (broad SMARTS) is 1. The van der Waals surface area contributed by atoms with Crippen LogP contribution in [0, 0.1) is 0 Å². The summed E-state index contributed by atoms with van der Waals surface area (Å²) in [6.45, 7) is 0. The highest BCUT2D eigenvalue weighted by atomic mass is 35.5. The van der Waals surface area contributed by atoms with Crippen molar-refractivity contribution in [1.29, 1.82) is 0 Å². The summed E-state index contributed by atoms with van der Waals surface area (Å²) in [6, 6.07) is 1.33. The Labute approximate surface area is 101 Å². The maximum Gasteiger partial charge on any atom is 0.342 e. The largest absolute Gasteiger partial charge is 0.478 e. The van der Waals surface area contributed by atoms with Gasteiger partial charge in [-0.15, -0.1) is 5.10 Å². The van der Waals surface area contributed by atoms with Gasteiger partial charge < -0.3 is 9.84 Å². The number of pyridine rings is 1. The van der Waals surface area contributed by atoms with E-state index in [9.17, 15) is 4.79 Å². The fourth-order valence-electron chi connectivity index (χ4n) is 1.07. The van der Waals surface area contributed by atoms with Gasteiger partial charge in [-0.1, -0.05) is 11.6 Å². The topological polar surface area (TPSA) is 90.1 Å². The second-order valence-electron chi connectivity index (χ2n) is 3.12. The van der Waals surface area contributed by atoms with Crippen molar-refractivity contribution in [2.24, 2.45) is 7.05 Å². The third-order valence-electron chi connectivity index (χ3n) is 1.82. The van der Waals surface area contributed by atoms with E-state index >= 15 is 0 Å². The number of aryl methyl sites for hydroxylation is 1. The third kappa shape index (κ3) is 2.51. The first-order valence-electron chi connectivity index (χ1n) is 4.48. The van der Waals surface area contributed by atoms with Crippen molar-refractivity contribution in [3.8, 4) is 11.9 Å². The molecule has 0 unspecified atom stereocenters. The summed E-state index contributed by atoms with van der Waals surface area (Å²) in [6.07, 6.45) is 2.60. The average Bonchev–Trinajstić information content (AvgIpc) is 2.67. The predicted octanol–water partition coefficient (Wildman–Crippen LogP) is 1.35. The number of rotatable bonds is 3. The minimum Gasteiger partial charge on any atom is -0.478 e. The van der Waals surface area contributed by atoms with E-state index in [1.165, 1.54) is 17.1 Å². The lowest BCUT2D eigenvalue weighted by Gasteiger charge is -2.02. The lowest BCUT2D eigenvalue weighted by atomic mass is 10.3. The molecule has 8 heteroatoms. The summed E-state index contributed by atoms with van der Waals surface area (Å²) < 4.78 is 6.64.